The van der Waals surface area contributed by atoms with Crippen LogP contribution in [-0.4, -0.2) is 25.1 Å². The molecule has 7 heteroatoms. The van der Waals surface area contributed by atoms with Gasteiger partial charge in [0.2, 0.25) is 0 Å². The molecule has 140 valence electrons. The number of benzene rings is 2. The Labute approximate surface area is 159 Å². The molecule has 2 aromatic carbocycles. The molecule has 0 atom stereocenters. The molecule has 0 saturated carbocycles. The summed E-state index contributed by atoms with van der Waals surface area (Å²) in [6, 6.07) is 12.3. The molecule has 0 aliphatic heterocycles. The van der Waals surface area contributed by atoms with Crippen molar-refractivity contribution in [1.82, 2.24) is 19.3 Å². The Bertz CT molecular complexity index is 1360. The Kier molecular flexibility index (Phi) is 4.07. The van der Waals surface area contributed by atoms with E-state index >= 15 is 0 Å². The van der Waals surface area contributed by atoms with Crippen molar-refractivity contribution in [3.8, 4) is 5.69 Å². The van der Waals surface area contributed by atoms with Crippen molar-refractivity contribution in [1.29, 1.82) is 0 Å². The fraction of sp³-hybridized carbons (Fsp3) is 0.143. The average Bonchev–Trinajstić information content (AvgIpc) is 3.01. The number of hydrogen-bond acceptors (Lipinski definition) is 4. The summed E-state index contributed by atoms with van der Waals surface area (Å²) >= 11 is 0. The van der Waals surface area contributed by atoms with Crippen LogP contribution in [0.25, 0.3) is 16.6 Å². The second-order valence-corrected chi connectivity index (χ2v) is 6.70. The summed E-state index contributed by atoms with van der Waals surface area (Å²) in [5.41, 5.74) is 1.82. The maximum Gasteiger partial charge on any atom is 0.277 e. The zero-order chi connectivity index (χ0) is 20.0. The van der Waals surface area contributed by atoms with E-state index in [1.165, 1.54) is 24.0 Å². The summed E-state index contributed by atoms with van der Waals surface area (Å²) in [4.78, 5) is 42.6. The van der Waals surface area contributed by atoms with Gasteiger partial charge >= 0.3 is 0 Å². The number of carbonyl (C=O) groups excluding carboxylic acids is 1. The molecule has 0 amide bonds. The summed E-state index contributed by atoms with van der Waals surface area (Å²) in [6.45, 7) is 3.70. The first-order valence-electron chi connectivity index (χ1n) is 8.77. The molecule has 4 rings (SSSR count). The van der Waals surface area contributed by atoms with Crippen molar-refractivity contribution >= 4 is 16.7 Å². The van der Waals surface area contributed by atoms with Gasteiger partial charge in [-0.25, -0.2) is 4.98 Å². The number of carbonyl (C=O) groups is 1. The van der Waals surface area contributed by atoms with E-state index in [1.807, 2.05) is 31.2 Å². The van der Waals surface area contributed by atoms with E-state index in [1.54, 1.807) is 23.6 Å². The number of para-hydroxylation sites is 1. The number of hydrogen-bond donors (Lipinski definition) is 1. The minimum atomic E-state index is -0.439. The zero-order valence-corrected chi connectivity index (χ0v) is 15.7. The Morgan fingerprint density at radius 1 is 1.04 bits per heavy atom. The Hall–Kier alpha value is -3.74. The van der Waals surface area contributed by atoms with Gasteiger partial charge in [-0.1, -0.05) is 18.2 Å². The third-order valence-corrected chi connectivity index (χ3v) is 4.84. The number of rotatable bonds is 3. The van der Waals surface area contributed by atoms with Crippen LogP contribution < -0.4 is 11.1 Å². The monoisotopic (exact) mass is 374 g/mol. The highest BCUT2D eigenvalue weighted by Crippen LogP contribution is 2.18. The van der Waals surface area contributed by atoms with Crippen molar-refractivity contribution in [3.05, 3.63) is 91.9 Å². The van der Waals surface area contributed by atoms with Crippen molar-refractivity contribution in [2.45, 2.75) is 13.8 Å². The summed E-state index contributed by atoms with van der Waals surface area (Å²) < 4.78 is 2.77. The highest BCUT2D eigenvalue weighted by atomic mass is 16.2. The van der Waals surface area contributed by atoms with Crippen LogP contribution in [0.15, 0.2) is 58.3 Å². The van der Waals surface area contributed by atoms with Crippen LogP contribution in [0.1, 0.15) is 27.3 Å². The second-order valence-electron chi connectivity index (χ2n) is 6.70. The predicted molar refractivity (Wildman–Crippen MR) is 106 cm³/mol. The second kappa shape index (κ2) is 6.45. The van der Waals surface area contributed by atoms with Gasteiger partial charge in [0.1, 0.15) is 11.4 Å². The first-order chi connectivity index (χ1) is 13.4. The van der Waals surface area contributed by atoms with Crippen LogP contribution in [0.2, 0.25) is 0 Å². The minimum absolute atomic E-state index is 0.0288. The van der Waals surface area contributed by atoms with E-state index in [4.69, 9.17) is 0 Å². The maximum atomic E-state index is 13.2. The van der Waals surface area contributed by atoms with Gasteiger partial charge in [0.05, 0.1) is 16.6 Å². The van der Waals surface area contributed by atoms with Crippen LogP contribution in [0.5, 0.6) is 0 Å². The topological polar surface area (TPSA) is 89.8 Å². The summed E-state index contributed by atoms with van der Waals surface area (Å²) in [7, 11) is 1.53. The summed E-state index contributed by atoms with van der Waals surface area (Å²) in [6.07, 6.45) is 1.37. The van der Waals surface area contributed by atoms with Crippen molar-refractivity contribution in [2.24, 2.45) is 7.05 Å². The van der Waals surface area contributed by atoms with Gasteiger partial charge in [0.25, 0.3) is 11.1 Å². The fourth-order valence-corrected chi connectivity index (χ4v) is 3.32. The lowest BCUT2D eigenvalue weighted by molar-refractivity contribution is 0.103. The molecule has 2 heterocycles. The van der Waals surface area contributed by atoms with Crippen LogP contribution in [-0.2, 0) is 7.05 Å². The predicted octanol–water partition coefficient (Wildman–Crippen LogP) is 2.26. The number of aromatic nitrogens is 4. The number of H-pyrrole nitrogens is 1. The van der Waals surface area contributed by atoms with Gasteiger partial charge in [0.15, 0.2) is 5.78 Å². The zero-order valence-electron chi connectivity index (χ0n) is 15.7. The van der Waals surface area contributed by atoms with Gasteiger partial charge in [-0.05, 0) is 43.7 Å². The lowest BCUT2D eigenvalue weighted by Gasteiger charge is -2.13. The van der Waals surface area contributed by atoms with E-state index in [0.717, 1.165) is 11.3 Å². The Morgan fingerprint density at radius 3 is 2.46 bits per heavy atom. The SMILES string of the molecule is Cc1ccccc1-n1c(C)nc2ccc(C(=O)c3c[nH]n(C)c3=O)cc2c1=O. The number of fused-ring (bicyclic) bond motifs is 1. The van der Waals surface area contributed by atoms with E-state index in [9.17, 15) is 14.4 Å². The third-order valence-electron chi connectivity index (χ3n) is 4.84. The highest BCUT2D eigenvalue weighted by Gasteiger charge is 2.18. The lowest BCUT2D eigenvalue weighted by Crippen LogP contribution is -2.23. The van der Waals surface area contributed by atoms with Crippen LogP contribution in [0.3, 0.4) is 0 Å². The number of aryl methyl sites for hydroxylation is 3. The smallest absolute Gasteiger partial charge is 0.277 e. The highest BCUT2D eigenvalue weighted by molar-refractivity contribution is 6.10. The van der Waals surface area contributed by atoms with E-state index in [0.29, 0.717) is 16.7 Å². The van der Waals surface area contributed by atoms with Crippen molar-refractivity contribution in [2.75, 3.05) is 0 Å². The van der Waals surface area contributed by atoms with Crippen molar-refractivity contribution < 1.29 is 4.79 Å². The summed E-state index contributed by atoms with van der Waals surface area (Å²) in [5, 5.41) is 3.01. The normalized spacial score (nSPS) is 11.1. The molecule has 0 aliphatic carbocycles. The molecule has 0 spiro atoms. The van der Waals surface area contributed by atoms with Crippen LogP contribution in [0.4, 0.5) is 0 Å². The van der Waals surface area contributed by atoms with E-state index in [-0.39, 0.29) is 16.7 Å². The van der Waals surface area contributed by atoms with E-state index < -0.39 is 11.3 Å². The standard InChI is InChI=1S/C21H18N4O3/c1-12-6-4-5-7-18(12)25-13(2)23-17-9-8-14(10-15(17)21(25)28)19(26)16-11-22-24(3)20(16)27/h4-11,22H,1-3H3. The summed E-state index contributed by atoms with van der Waals surface area (Å²) in [5.74, 6) is 0.122. The first kappa shape index (κ1) is 17.7. The molecule has 2 aromatic heterocycles. The van der Waals surface area contributed by atoms with Gasteiger partial charge in [-0.15, -0.1) is 0 Å². The molecule has 0 radical (unpaired) electrons. The quantitative estimate of drug-likeness (QED) is 0.557. The lowest BCUT2D eigenvalue weighted by atomic mass is 10.0. The molecule has 4 aromatic rings. The molecule has 1 N–H and O–H groups in total. The molecule has 0 bridgehead atoms. The largest absolute Gasteiger partial charge is 0.302 e. The number of aromatic amines is 1. The molecule has 0 fully saturated rings. The number of ketones is 1. The third kappa shape index (κ3) is 2.68. The van der Waals surface area contributed by atoms with Gasteiger partial charge in [-0.2, -0.15) is 0 Å². The van der Waals surface area contributed by atoms with Crippen molar-refractivity contribution in [3.63, 3.8) is 0 Å². The van der Waals surface area contributed by atoms with Gasteiger partial charge in [0, 0.05) is 18.8 Å². The molecule has 0 aliphatic rings. The molecule has 7 nitrogen and oxygen atoms in total. The number of nitrogens with one attached hydrogen (secondary N) is 1. The average molecular weight is 374 g/mol. The number of nitrogens with zero attached hydrogens (tertiary/aromatic N) is 3. The molecular weight excluding hydrogens is 356 g/mol. The van der Waals surface area contributed by atoms with Crippen LogP contribution in [0, 0.1) is 13.8 Å². The molecular formula is C21H18N4O3. The molecule has 0 unspecified atom stereocenters. The Balaban J connectivity index is 1.94. The first-order valence-corrected chi connectivity index (χ1v) is 8.77. The molecule has 28 heavy (non-hydrogen) atoms. The van der Waals surface area contributed by atoms with E-state index in [2.05, 4.69) is 10.1 Å². The van der Waals surface area contributed by atoms with Crippen LogP contribution >= 0.6 is 0 Å². The Morgan fingerprint density at radius 2 is 1.79 bits per heavy atom. The van der Waals surface area contributed by atoms with Gasteiger partial charge in [-0.3, -0.25) is 23.6 Å². The minimum Gasteiger partial charge on any atom is -0.302 e. The molecule has 0 saturated heterocycles. The maximum absolute atomic E-state index is 13.2. The fourth-order valence-electron chi connectivity index (χ4n) is 3.32. The van der Waals surface area contributed by atoms with Gasteiger partial charge < -0.3 is 5.10 Å².